The number of ether oxygens (including phenoxy) is 2. The average Bonchev–Trinajstić information content (AvgIpc) is 2.97. The first-order chi connectivity index (χ1) is 9.74. The summed E-state index contributed by atoms with van der Waals surface area (Å²) in [6.45, 7) is 7.20. The van der Waals surface area contributed by atoms with Crippen LogP contribution >= 0.6 is 0 Å². The van der Waals surface area contributed by atoms with Crippen molar-refractivity contribution in [1.29, 1.82) is 0 Å². The van der Waals surface area contributed by atoms with Gasteiger partial charge in [-0.1, -0.05) is 24.6 Å². The first-order valence-electron chi connectivity index (χ1n) is 7.69. The fraction of sp³-hybridized carbons (Fsp3) is 0.647. The van der Waals surface area contributed by atoms with Gasteiger partial charge in [0.25, 0.3) is 0 Å². The molecule has 1 saturated heterocycles. The largest absolute Gasteiger partial charge is 0.496 e. The number of rotatable bonds is 7. The van der Waals surface area contributed by atoms with E-state index in [1.165, 1.54) is 11.1 Å². The average molecular weight is 277 g/mol. The van der Waals surface area contributed by atoms with Crippen LogP contribution in [0.2, 0.25) is 0 Å². The molecule has 0 saturated carbocycles. The van der Waals surface area contributed by atoms with Crippen LogP contribution in [0.3, 0.4) is 0 Å². The summed E-state index contributed by atoms with van der Waals surface area (Å²) in [4.78, 5) is 0. The maximum atomic E-state index is 5.56. The van der Waals surface area contributed by atoms with E-state index in [0.29, 0.717) is 12.0 Å². The van der Waals surface area contributed by atoms with E-state index >= 15 is 0 Å². The summed E-state index contributed by atoms with van der Waals surface area (Å²) in [7, 11) is 1.75. The lowest BCUT2D eigenvalue weighted by Gasteiger charge is -2.25. The van der Waals surface area contributed by atoms with Gasteiger partial charge in [0.15, 0.2) is 0 Å². The molecule has 1 fully saturated rings. The Morgan fingerprint density at radius 1 is 1.45 bits per heavy atom. The van der Waals surface area contributed by atoms with Crippen LogP contribution in [0.5, 0.6) is 5.75 Å². The minimum atomic E-state index is 0.480. The molecule has 0 bridgehead atoms. The quantitative estimate of drug-likeness (QED) is 0.831. The molecule has 3 heteroatoms. The summed E-state index contributed by atoms with van der Waals surface area (Å²) >= 11 is 0. The first kappa shape index (κ1) is 15.3. The summed E-state index contributed by atoms with van der Waals surface area (Å²) in [5.74, 6) is 1.62. The Morgan fingerprint density at radius 2 is 2.30 bits per heavy atom. The standard InChI is InChI=1S/C17H27NO2/c1-4-8-18-16(14-7-9-20-12-14)11-15-10-13(2)5-6-17(15)19-3/h5-6,10,14,16,18H,4,7-9,11-12H2,1-3H3. The van der Waals surface area contributed by atoms with Crippen molar-refractivity contribution in [3.63, 3.8) is 0 Å². The maximum absolute atomic E-state index is 5.56. The summed E-state index contributed by atoms with van der Waals surface area (Å²) in [6.07, 6.45) is 3.34. The molecule has 20 heavy (non-hydrogen) atoms. The smallest absolute Gasteiger partial charge is 0.122 e. The van der Waals surface area contributed by atoms with E-state index < -0.39 is 0 Å². The van der Waals surface area contributed by atoms with E-state index in [-0.39, 0.29) is 0 Å². The Labute approximate surface area is 122 Å². The van der Waals surface area contributed by atoms with Crippen LogP contribution in [0.4, 0.5) is 0 Å². The van der Waals surface area contributed by atoms with Gasteiger partial charge in [-0.05, 0) is 44.4 Å². The molecule has 2 atom stereocenters. The normalized spacial score (nSPS) is 20.1. The minimum absolute atomic E-state index is 0.480. The zero-order valence-corrected chi connectivity index (χ0v) is 12.9. The van der Waals surface area contributed by atoms with Gasteiger partial charge in [-0.3, -0.25) is 0 Å². The molecule has 0 aliphatic carbocycles. The highest BCUT2D eigenvalue weighted by molar-refractivity contribution is 5.37. The van der Waals surface area contributed by atoms with Crippen molar-refractivity contribution in [2.24, 2.45) is 5.92 Å². The van der Waals surface area contributed by atoms with Crippen molar-refractivity contribution in [3.8, 4) is 5.75 Å². The highest BCUT2D eigenvalue weighted by atomic mass is 16.5. The van der Waals surface area contributed by atoms with Gasteiger partial charge in [0.2, 0.25) is 0 Å². The SMILES string of the molecule is CCCNC(Cc1cc(C)ccc1OC)C1CCOC1. The van der Waals surface area contributed by atoms with Crippen LogP contribution in [0.1, 0.15) is 30.9 Å². The summed E-state index contributed by atoms with van der Waals surface area (Å²) in [6, 6.07) is 6.91. The summed E-state index contributed by atoms with van der Waals surface area (Å²) in [5, 5.41) is 3.70. The zero-order valence-electron chi connectivity index (χ0n) is 12.9. The molecule has 1 aromatic rings. The van der Waals surface area contributed by atoms with Crippen LogP contribution in [0, 0.1) is 12.8 Å². The predicted octanol–water partition coefficient (Wildman–Crippen LogP) is 2.95. The second-order valence-corrected chi connectivity index (χ2v) is 5.70. The van der Waals surface area contributed by atoms with Crippen molar-refractivity contribution in [2.45, 2.75) is 39.2 Å². The van der Waals surface area contributed by atoms with Crippen LogP contribution in [-0.2, 0) is 11.2 Å². The Kier molecular flexibility index (Phi) is 5.86. The molecule has 3 nitrogen and oxygen atoms in total. The number of benzene rings is 1. The van der Waals surface area contributed by atoms with Crippen molar-refractivity contribution in [3.05, 3.63) is 29.3 Å². The topological polar surface area (TPSA) is 30.5 Å². The highest BCUT2D eigenvalue weighted by Crippen LogP contribution is 2.25. The fourth-order valence-corrected chi connectivity index (χ4v) is 2.91. The molecule has 0 amide bonds. The number of methoxy groups -OCH3 is 1. The first-order valence-corrected chi connectivity index (χ1v) is 7.69. The van der Waals surface area contributed by atoms with E-state index in [0.717, 1.165) is 44.8 Å². The van der Waals surface area contributed by atoms with E-state index in [4.69, 9.17) is 9.47 Å². The Bertz CT molecular complexity index is 413. The van der Waals surface area contributed by atoms with Crippen LogP contribution in [0.25, 0.3) is 0 Å². The third-order valence-corrected chi connectivity index (χ3v) is 4.07. The number of hydrogen-bond donors (Lipinski definition) is 1. The summed E-state index contributed by atoms with van der Waals surface area (Å²) in [5.41, 5.74) is 2.59. The van der Waals surface area contributed by atoms with Crippen LogP contribution in [0.15, 0.2) is 18.2 Å². The lowest BCUT2D eigenvalue weighted by atomic mass is 9.91. The minimum Gasteiger partial charge on any atom is -0.496 e. The van der Waals surface area contributed by atoms with E-state index in [1.807, 2.05) is 0 Å². The van der Waals surface area contributed by atoms with Gasteiger partial charge >= 0.3 is 0 Å². The van der Waals surface area contributed by atoms with Gasteiger partial charge in [0.1, 0.15) is 5.75 Å². The third-order valence-electron chi connectivity index (χ3n) is 4.07. The molecule has 1 aliphatic rings. The van der Waals surface area contributed by atoms with Crippen molar-refractivity contribution >= 4 is 0 Å². The van der Waals surface area contributed by atoms with Crippen molar-refractivity contribution in [1.82, 2.24) is 5.32 Å². The van der Waals surface area contributed by atoms with Gasteiger partial charge in [-0.15, -0.1) is 0 Å². The molecule has 2 rings (SSSR count). The molecule has 2 unspecified atom stereocenters. The molecule has 1 aromatic carbocycles. The fourth-order valence-electron chi connectivity index (χ4n) is 2.91. The van der Waals surface area contributed by atoms with E-state index in [9.17, 15) is 0 Å². The molecule has 0 aromatic heterocycles. The molecule has 112 valence electrons. The number of hydrogen-bond acceptors (Lipinski definition) is 3. The highest BCUT2D eigenvalue weighted by Gasteiger charge is 2.26. The maximum Gasteiger partial charge on any atom is 0.122 e. The van der Waals surface area contributed by atoms with Gasteiger partial charge in [-0.25, -0.2) is 0 Å². The van der Waals surface area contributed by atoms with Crippen molar-refractivity contribution in [2.75, 3.05) is 26.9 Å². The van der Waals surface area contributed by atoms with Gasteiger partial charge in [-0.2, -0.15) is 0 Å². The van der Waals surface area contributed by atoms with Gasteiger partial charge < -0.3 is 14.8 Å². The molecule has 1 N–H and O–H groups in total. The van der Waals surface area contributed by atoms with Crippen molar-refractivity contribution < 1.29 is 9.47 Å². The second-order valence-electron chi connectivity index (χ2n) is 5.70. The Morgan fingerprint density at radius 3 is 2.95 bits per heavy atom. The lowest BCUT2D eigenvalue weighted by molar-refractivity contribution is 0.176. The molecule has 1 aliphatic heterocycles. The monoisotopic (exact) mass is 277 g/mol. The van der Waals surface area contributed by atoms with Crippen LogP contribution < -0.4 is 10.1 Å². The van der Waals surface area contributed by atoms with E-state index in [2.05, 4.69) is 37.4 Å². The Hall–Kier alpha value is -1.06. The molecular weight excluding hydrogens is 250 g/mol. The number of aryl methyl sites for hydroxylation is 1. The lowest BCUT2D eigenvalue weighted by Crippen LogP contribution is -2.39. The molecular formula is C17H27NO2. The Balaban J connectivity index is 2.11. The van der Waals surface area contributed by atoms with Gasteiger partial charge in [0, 0.05) is 18.6 Å². The molecule has 0 spiro atoms. The predicted molar refractivity (Wildman–Crippen MR) is 82.4 cm³/mol. The molecule has 0 radical (unpaired) electrons. The molecule has 1 heterocycles. The number of nitrogens with one attached hydrogen (secondary N) is 1. The second kappa shape index (κ2) is 7.65. The van der Waals surface area contributed by atoms with Gasteiger partial charge in [0.05, 0.1) is 13.7 Å². The van der Waals surface area contributed by atoms with E-state index in [1.54, 1.807) is 7.11 Å². The zero-order chi connectivity index (χ0) is 14.4. The third kappa shape index (κ3) is 3.97. The van der Waals surface area contributed by atoms with Crippen LogP contribution in [-0.4, -0.2) is 32.9 Å². The summed E-state index contributed by atoms with van der Waals surface area (Å²) < 4.78 is 11.1.